The average molecular weight is 517 g/mol. The van der Waals surface area contributed by atoms with Crippen LogP contribution in [0.25, 0.3) is 22.2 Å². The SMILES string of the molecule is NS(=O)(=O)c1cc(-c2cn(CC(=O)Nc3ccccc3Cl)c3ncnc(O)c23)cc(CN=O)c1O. The summed E-state index contributed by atoms with van der Waals surface area (Å²) in [6.07, 6.45) is 2.54. The lowest BCUT2D eigenvalue weighted by Gasteiger charge is -2.10. The third-order valence-electron chi connectivity index (χ3n) is 5.10. The average Bonchev–Trinajstić information content (AvgIpc) is 3.15. The molecule has 5 N–H and O–H groups in total. The lowest BCUT2D eigenvalue weighted by molar-refractivity contribution is -0.116. The summed E-state index contributed by atoms with van der Waals surface area (Å²) in [7, 11) is -4.39. The van der Waals surface area contributed by atoms with E-state index in [1.165, 1.54) is 16.8 Å². The summed E-state index contributed by atoms with van der Waals surface area (Å²) in [4.78, 5) is 30.8. The lowest BCUT2D eigenvalue weighted by atomic mass is 10.0. The molecule has 0 fully saturated rings. The molecular formula is C21H17ClN6O6S. The van der Waals surface area contributed by atoms with Crippen molar-refractivity contribution in [1.29, 1.82) is 0 Å². The number of fused-ring (bicyclic) bond motifs is 1. The zero-order valence-corrected chi connectivity index (χ0v) is 19.3. The smallest absolute Gasteiger partial charge is 0.244 e. The summed E-state index contributed by atoms with van der Waals surface area (Å²) in [5, 5.41) is 31.8. The van der Waals surface area contributed by atoms with Gasteiger partial charge in [-0.15, -0.1) is 0 Å². The Kier molecular flexibility index (Phi) is 6.39. The zero-order valence-electron chi connectivity index (χ0n) is 17.7. The number of nitrogens with one attached hydrogen (secondary N) is 1. The summed E-state index contributed by atoms with van der Waals surface area (Å²) in [5.41, 5.74) is 0.847. The second-order valence-electron chi connectivity index (χ2n) is 7.41. The molecule has 0 aliphatic heterocycles. The van der Waals surface area contributed by atoms with Crippen LogP contribution in [0.1, 0.15) is 5.56 Å². The normalized spacial score (nSPS) is 11.5. The number of carbonyl (C=O) groups is 1. The topological polar surface area (TPSA) is 190 Å². The van der Waals surface area contributed by atoms with Crippen LogP contribution in [0, 0.1) is 4.91 Å². The number of primary sulfonamides is 1. The van der Waals surface area contributed by atoms with E-state index in [2.05, 4.69) is 20.5 Å². The summed E-state index contributed by atoms with van der Waals surface area (Å²) in [6, 6.07) is 9.06. The van der Waals surface area contributed by atoms with Crippen molar-refractivity contribution in [3.05, 3.63) is 64.4 Å². The van der Waals surface area contributed by atoms with E-state index in [0.717, 1.165) is 12.4 Å². The number of hydrogen-bond donors (Lipinski definition) is 4. The van der Waals surface area contributed by atoms with Crippen molar-refractivity contribution in [2.45, 2.75) is 18.0 Å². The lowest BCUT2D eigenvalue weighted by Crippen LogP contribution is -2.18. The Labute approximate surface area is 203 Å². The number of aromatic hydroxyl groups is 2. The van der Waals surface area contributed by atoms with Crippen LogP contribution in [0.3, 0.4) is 0 Å². The van der Waals surface area contributed by atoms with Crippen molar-refractivity contribution in [3.8, 4) is 22.8 Å². The highest BCUT2D eigenvalue weighted by Gasteiger charge is 2.23. The number of hydrogen-bond acceptors (Lipinski definition) is 9. The highest BCUT2D eigenvalue weighted by molar-refractivity contribution is 7.89. The Morgan fingerprint density at radius 3 is 2.63 bits per heavy atom. The quantitative estimate of drug-likeness (QED) is 0.269. The highest BCUT2D eigenvalue weighted by Crippen LogP contribution is 2.38. The van der Waals surface area contributed by atoms with Gasteiger partial charge in [-0.05, 0) is 29.8 Å². The maximum absolute atomic E-state index is 12.7. The van der Waals surface area contributed by atoms with Crippen molar-refractivity contribution in [2.24, 2.45) is 10.3 Å². The van der Waals surface area contributed by atoms with Crippen molar-refractivity contribution < 1.29 is 23.4 Å². The third-order valence-corrected chi connectivity index (χ3v) is 6.36. The maximum atomic E-state index is 12.7. The Morgan fingerprint density at radius 1 is 1.20 bits per heavy atom. The number of carbonyl (C=O) groups excluding carboxylic acids is 1. The molecule has 2 heterocycles. The number of phenols is 1. The molecule has 4 aromatic rings. The van der Waals surface area contributed by atoms with E-state index in [0.29, 0.717) is 10.7 Å². The van der Waals surface area contributed by atoms with Gasteiger partial charge < -0.3 is 20.1 Å². The van der Waals surface area contributed by atoms with Crippen LogP contribution < -0.4 is 10.5 Å². The Hall–Kier alpha value is -4.07. The van der Waals surface area contributed by atoms with Crippen LogP contribution in [0.5, 0.6) is 11.6 Å². The molecule has 0 unspecified atom stereocenters. The number of halogens is 1. The standard InChI is InChI=1S/C21H17ClN6O6S/c22-14-3-1-2-4-15(14)27-17(29)9-28-8-13(18-20(28)24-10-25-21(18)31)11-5-12(7-26-32)19(30)16(6-11)35(23,33)34/h1-6,8,10,30H,7,9H2,(H,27,29)(H2,23,33,34)(H,24,25,31). The van der Waals surface area contributed by atoms with Gasteiger partial charge in [-0.3, -0.25) is 4.79 Å². The van der Waals surface area contributed by atoms with Crippen LogP contribution >= 0.6 is 11.6 Å². The van der Waals surface area contributed by atoms with Crippen molar-refractivity contribution in [3.63, 3.8) is 0 Å². The molecule has 180 valence electrons. The fraction of sp³-hybridized carbons (Fsp3) is 0.0952. The second-order valence-corrected chi connectivity index (χ2v) is 9.35. The van der Waals surface area contributed by atoms with E-state index < -0.39 is 39.0 Å². The second kappa shape index (κ2) is 9.29. The molecule has 0 radical (unpaired) electrons. The molecule has 0 saturated heterocycles. The molecule has 0 aliphatic rings. The van der Waals surface area contributed by atoms with E-state index in [1.54, 1.807) is 24.3 Å². The predicted molar refractivity (Wildman–Crippen MR) is 127 cm³/mol. The van der Waals surface area contributed by atoms with Crippen LogP contribution in [-0.2, 0) is 27.9 Å². The van der Waals surface area contributed by atoms with E-state index in [4.69, 9.17) is 16.7 Å². The minimum absolute atomic E-state index is 0.102. The number of rotatable bonds is 7. The number of amides is 1. The fourth-order valence-corrected chi connectivity index (χ4v) is 4.46. The van der Waals surface area contributed by atoms with Gasteiger partial charge in [0.2, 0.25) is 21.8 Å². The van der Waals surface area contributed by atoms with Gasteiger partial charge in [0.25, 0.3) is 0 Å². The predicted octanol–water partition coefficient (Wildman–Crippen LogP) is 2.72. The highest BCUT2D eigenvalue weighted by atomic mass is 35.5. The first-order valence-electron chi connectivity index (χ1n) is 9.85. The Morgan fingerprint density at radius 2 is 1.94 bits per heavy atom. The number of sulfonamides is 1. The molecule has 12 nitrogen and oxygen atoms in total. The minimum atomic E-state index is -4.39. The fourth-order valence-electron chi connectivity index (χ4n) is 3.58. The molecule has 14 heteroatoms. The molecule has 0 saturated carbocycles. The molecule has 0 atom stereocenters. The van der Waals surface area contributed by atoms with Gasteiger partial charge in [-0.25, -0.2) is 23.5 Å². The minimum Gasteiger partial charge on any atom is -0.506 e. The molecular weight excluding hydrogens is 500 g/mol. The van der Waals surface area contributed by atoms with Crippen LogP contribution in [0.4, 0.5) is 5.69 Å². The summed E-state index contributed by atoms with van der Waals surface area (Å²) in [5.74, 6) is -1.60. The summed E-state index contributed by atoms with van der Waals surface area (Å²) in [6.45, 7) is -0.787. The molecule has 4 rings (SSSR count). The van der Waals surface area contributed by atoms with Crippen molar-refractivity contribution in [1.82, 2.24) is 14.5 Å². The van der Waals surface area contributed by atoms with E-state index in [9.17, 15) is 28.3 Å². The van der Waals surface area contributed by atoms with E-state index in [-0.39, 0.29) is 34.3 Å². The van der Waals surface area contributed by atoms with Crippen LogP contribution in [0.2, 0.25) is 5.02 Å². The summed E-state index contributed by atoms with van der Waals surface area (Å²) < 4.78 is 25.5. The molecule has 0 spiro atoms. The van der Waals surface area contributed by atoms with Gasteiger partial charge in [-0.2, -0.15) is 4.91 Å². The first-order chi connectivity index (χ1) is 16.6. The van der Waals surface area contributed by atoms with Gasteiger partial charge >= 0.3 is 0 Å². The molecule has 1 amide bonds. The van der Waals surface area contributed by atoms with Gasteiger partial charge in [0.15, 0.2) is 0 Å². The largest absolute Gasteiger partial charge is 0.506 e. The number of benzene rings is 2. The van der Waals surface area contributed by atoms with Crippen molar-refractivity contribution >= 4 is 44.3 Å². The molecule has 2 aromatic carbocycles. The van der Waals surface area contributed by atoms with E-state index in [1.807, 2.05) is 0 Å². The van der Waals surface area contributed by atoms with Crippen LogP contribution in [0.15, 0.2) is 59.0 Å². The number of anilines is 1. The first kappa shape index (κ1) is 24.1. The van der Waals surface area contributed by atoms with Crippen molar-refractivity contribution in [2.75, 3.05) is 5.32 Å². The third kappa shape index (κ3) is 4.77. The van der Waals surface area contributed by atoms with Gasteiger partial charge in [0, 0.05) is 17.3 Å². The Bertz CT molecular complexity index is 1590. The number of nitrogens with zero attached hydrogens (tertiary/aromatic N) is 4. The monoisotopic (exact) mass is 516 g/mol. The first-order valence-corrected chi connectivity index (χ1v) is 11.8. The summed E-state index contributed by atoms with van der Waals surface area (Å²) >= 11 is 6.09. The number of para-hydroxylation sites is 1. The van der Waals surface area contributed by atoms with E-state index >= 15 is 0 Å². The van der Waals surface area contributed by atoms with Gasteiger partial charge in [-0.1, -0.05) is 28.9 Å². The number of nitroso groups, excluding NO2 is 1. The Balaban J connectivity index is 1.84. The maximum Gasteiger partial charge on any atom is 0.244 e. The molecule has 0 aliphatic carbocycles. The van der Waals surface area contributed by atoms with Gasteiger partial charge in [0.1, 0.15) is 35.7 Å². The van der Waals surface area contributed by atoms with Crippen LogP contribution in [-0.4, -0.2) is 39.1 Å². The zero-order chi connectivity index (χ0) is 25.3. The molecule has 0 bridgehead atoms. The number of aromatic nitrogens is 3. The molecule has 35 heavy (non-hydrogen) atoms. The van der Waals surface area contributed by atoms with Gasteiger partial charge in [0.05, 0.1) is 16.1 Å². The number of nitrogens with two attached hydrogens (primary N) is 1. The number of phenolic OH excluding ortho intramolecular Hbond substituents is 1. The molecule has 2 aromatic heterocycles.